The molecule has 1 saturated heterocycles. The Labute approximate surface area is 138 Å². The van der Waals surface area contributed by atoms with Crippen molar-refractivity contribution in [1.82, 2.24) is 4.98 Å². The molecule has 2 aromatic rings. The molecule has 4 nitrogen and oxygen atoms in total. The number of nitrogens with zero attached hydrogens (tertiary/aromatic N) is 2. The normalized spacial score (nSPS) is 35.1. The van der Waals surface area contributed by atoms with Gasteiger partial charge >= 0.3 is 0 Å². The molecule has 2 amide bonds. The Kier molecular flexibility index (Phi) is 2.77. The van der Waals surface area contributed by atoms with Gasteiger partial charge in [-0.3, -0.25) is 9.59 Å². The molecular formula is C18H16N2O2S. The average molecular weight is 324 g/mol. The molecule has 2 saturated carbocycles. The maximum absolute atomic E-state index is 12.9. The van der Waals surface area contributed by atoms with Crippen LogP contribution in [-0.4, -0.2) is 16.8 Å². The van der Waals surface area contributed by atoms with E-state index in [1.807, 2.05) is 11.4 Å². The van der Waals surface area contributed by atoms with E-state index >= 15 is 0 Å². The molecule has 2 heterocycles. The monoisotopic (exact) mass is 324 g/mol. The Morgan fingerprint density at radius 2 is 1.83 bits per heavy atom. The second-order valence-electron chi connectivity index (χ2n) is 6.79. The van der Waals surface area contributed by atoms with Crippen LogP contribution in [0.25, 0.3) is 0 Å². The highest BCUT2D eigenvalue weighted by molar-refractivity contribution is 7.14. The predicted octanol–water partition coefficient (Wildman–Crippen LogP) is 3.07. The van der Waals surface area contributed by atoms with Crippen LogP contribution in [0.15, 0.2) is 41.9 Å². The van der Waals surface area contributed by atoms with Crippen molar-refractivity contribution in [2.45, 2.75) is 18.8 Å². The Bertz CT molecular complexity index is 774. The Morgan fingerprint density at radius 1 is 1.04 bits per heavy atom. The number of hydrogen-bond acceptors (Lipinski definition) is 4. The SMILES string of the molecule is O=C1[C@@H]2[C@H]3C[C@H]([C@H]2C(=O)N1c1nccs1)[C@@H](c1ccccc1)C3. The van der Waals surface area contributed by atoms with Gasteiger partial charge in [0.25, 0.3) is 0 Å². The summed E-state index contributed by atoms with van der Waals surface area (Å²) in [5.41, 5.74) is 1.31. The van der Waals surface area contributed by atoms with E-state index in [9.17, 15) is 9.59 Å². The number of aromatic nitrogens is 1. The van der Waals surface area contributed by atoms with Gasteiger partial charge in [-0.2, -0.15) is 0 Å². The van der Waals surface area contributed by atoms with Gasteiger partial charge in [0, 0.05) is 11.6 Å². The highest BCUT2D eigenvalue weighted by Crippen LogP contribution is 2.61. The van der Waals surface area contributed by atoms with E-state index in [1.165, 1.54) is 21.8 Å². The smallest absolute Gasteiger partial charge is 0.239 e. The van der Waals surface area contributed by atoms with Gasteiger partial charge in [-0.1, -0.05) is 30.3 Å². The molecule has 0 spiro atoms. The summed E-state index contributed by atoms with van der Waals surface area (Å²) in [5.74, 6) is 0.754. The minimum Gasteiger partial charge on any atom is -0.274 e. The average Bonchev–Trinajstić information content (AvgIpc) is 3.32. The predicted molar refractivity (Wildman–Crippen MR) is 87.0 cm³/mol. The first-order valence-electron chi connectivity index (χ1n) is 8.08. The fraction of sp³-hybridized carbons (Fsp3) is 0.389. The lowest BCUT2D eigenvalue weighted by Crippen LogP contribution is -2.32. The molecule has 2 aliphatic carbocycles. The van der Waals surface area contributed by atoms with Crippen molar-refractivity contribution in [1.29, 1.82) is 0 Å². The highest BCUT2D eigenvalue weighted by atomic mass is 32.1. The zero-order valence-electron chi connectivity index (χ0n) is 12.5. The van der Waals surface area contributed by atoms with Gasteiger partial charge in [-0.25, -0.2) is 9.88 Å². The molecule has 1 aromatic heterocycles. The fourth-order valence-electron chi connectivity index (χ4n) is 5.06. The summed E-state index contributed by atoms with van der Waals surface area (Å²) in [7, 11) is 0. The van der Waals surface area contributed by atoms with Crippen LogP contribution in [0.2, 0.25) is 0 Å². The summed E-state index contributed by atoms with van der Waals surface area (Å²) in [6.45, 7) is 0. The first kappa shape index (κ1) is 13.4. The van der Waals surface area contributed by atoms with E-state index in [1.54, 1.807) is 6.20 Å². The van der Waals surface area contributed by atoms with Gasteiger partial charge in [-0.05, 0) is 36.2 Å². The molecule has 5 heteroatoms. The fourth-order valence-corrected chi connectivity index (χ4v) is 5.71. The van der Waals surface area contributed by atoms with Crippen LogP contribution in [0.5, 0.6) is 0 Å². The van der Waals surface area contributed by atoms with Crippen LogP contribution in [0.4, 0.5) is 5.13 Å². The quantitative estimate of drug-likeness (QED) is 0.798. The summed E-state index contributed by atoms with van der Waals surface area (Å²) in [6, 6.07) is 10.4. The maximum atomic E-state index is 12.9. The molecule has 5 rings (SSSR count). The Hall–Kier alpha value is -2.01. The topological polar surface area (TPSA) is 50.3 Å². The van der Waals surface area contributed by atoms with Crippen molar-refractivity contribution in [2.24, 2.45) is 23.7 Å². The highest BCUT2D eigenvalue weighted by Gasteiger charge is 2.64. The van der Waals surface area contributed by atoms with E-state index in [4.69, 9.17) is 0 Å². The van der Waals surface area contributed by atoms with Crippen molar-refractivity contribution in [3.63, 3.8) is 0 Å². The lowest BCUT2D eigenvalue weighted by Gasteiger charge is -2.28. The summed E-state index contributed by atoms with van der Waals surface area (Å²) in [4.78, 5) is 31.3. The maximum Gasteiger partial charge on any atom is 0.239 e. The number of amides is 2. The Balaban J connectivity index is 1.51. The lowest BCUT2D eigenvalue weighted by molar-refractivity contribution is -0.123. The summed E-state index contributed by atoms with van der Waals surface area (Å²) in [6.07, 6.45) is 3.69. The van der Waals surface area contributed by atoms with Crippen LogP contribution < -0.4 is 4.90 Å². The molecule has 3 aliphatic rings. The van der Waals surface area contributed by atoms with E-state index in [-0.39, 0.29) is 23.7 Å². The van der Waals surface area contributed by atoms with Crippen molar-refractivity contribution < 1.29 is 9.59 Å². The number of hydrogen-bond donors (Lipinski definition) is 0. The molecule has 1 aliphatic heterocycles. The van der Waals surface area contributed by atoms with Gasteiger partial charge in [0.05, 0.1) is 11.8 Å². The molecular weight excluding hydrogens is 308 g/mol. The van der Waals surface area contributed by atoms with E-state index in [2.05, 4.69) is 29.2 Å². The third kappa shape index (κ3) is 1.74. The van der Waals surface area contributed by atoms with Crippen LogP contribution in [0.3, 0.4) is 0 Å². The third-order valence-corrected chi connectivity index (χ3v) is 6.61. The first-order chi connectivity index (χ1) is 11.3. The number of imide groups is 1. The van der Waals surface area contributed by atoms with E-state index < -0.39 is 0 Å². The minimum atomic E-state index is -0.143. The largest absolute Gasteiger partial charge is 0.274 e. The number of fused-ring (bicyclic) bond motifs is 5. The molecule has 0 N–H and O–H groups in total. The minimum absolute atomic E-state index is 0.0195. The van der Waals surface area contributed by atoms with E-state index in [0.29, 0.717) is 22.9 Å². The van der Waals surface area contributed by atoms with Gasteiger partial charge < -0.3 is 0 Å². The summed E-state index contributed by atoms with van der Waals surface area (Å²) in [5, 5.41) is 2.34. The zero-order chi connectivity index (χ0) is 15.6. The summed E-state index contributed by atoms with van der Waals surface area (Å²) < 4.78 is 0. The van der Waals surface area contributed by atoms with Crippen molar-refractivity contribution in [3.8, 4) is 0 Å². The third-order valence-electron chi connectivity index (χ3n) is 5.85. The zero-order valence-corrected chi connectivity index (χ0v) is 13.3. The van der Waals surface area contributed by atoms with Gasteiger partial charge in [0.1, 0.15) is 0 Å². The standard InChI is InChI=1S/C18H16N2O2S/c21-16-14-11-8-12(10-4-2-1-3-5-10)13(9-11)15(14)17(22)20(16)18-19-6-7-23-18/h1-7,11-15H,8-9H2/t11-,12-,13+,14-,15-/m1/s1. The van der Waals surface area contributed by atoms with Gasteiger partial charge in [0.2, 0.25) is 11.8 Å². The molecule has 0 radical (unpaired) electrons. The van der Waals surface area contributed by atoms with Crippen molar-refractivity contribution >= 4 is 28.3 Å². The molecule has 2 bridgehead atoms. The number of thiazole rings is 1. The second kappa shape index (κ2) is 4.74. The number of rotatable bonds is 2. The van der Waals surface area contributed by atoms with Gasteiger partial charge in [0.15, 0.2) is 5.13 Å². The molecule has 23 heavy (non-hydrogen) atoms. The molecule has 1 aromatic carbocycles. The number of carbonyl (C=O) groups is 2. The van der Waals surface area contributed by atoms with Crippen LogP contribution in [0, 0.1) is 23.7 Å². The number of carbonyl (C=O) groups excluding carboxylic acids is 2. The van der Waals surface area contributed by atoms with Crippen LogP contribution in [-0.2, 0) is 9.59 Å². The molecule has 3 fully saturated rings. The van der Waals surface area contributed by atoms with Crippen molar-refractivity contribution in [2.75, 3.05) is 4.90 Å². The molecule has 5 atom stereocenters. The van der Waals surface area contributed by atoms with Gasteiger partial charge in [-0.15, -0.1) is 11.3 Å². The molecule has 0 unspecified atom stereocenters. The van der Waals surface area contributed by atoms with Crippen LogP contribution >= 0.6 is 11.3 Å². The molecule has 116 valence electrons. The van der Waals surface area contributed by atoms with E-state index in [0.717, 1.165) is 12.8 Å². The summed E-state index contributed by atoms with van der Waals surface area (Å²) >= 11 is 1.36. The van der Waals surface area contributed by atoms with Crippen LogP contribution in [0.1, 0.15) is 24.3 Å². The van der Waals surface area contributed by atoms with Crippen molar-refractivity contribution in [3.05, 3.63) is 47.5 Å². The first-order valence-corrected chi connectivity index (χ1v) is 8.96. The second-order valence-corrected chi connectivity index (χ2v) is 7.66. The number of anilines is 1. The number of benzene rings is 1. The Morgan fingerprint density at radius 3 is 2.57 bits per heavy atom. The lowest BCUT2D eigenvalue weighted by atomic mass is 9.73.